The number of aromatic carboxylic acids is 1. The molecule has 0 saturated carbocycles. The topological polar surface area (TPSA) is 69.6 Å². The Kier molecular flexibility index (Phi) is 8.46. The quantitative estimate of drug-likeness (QED) is 0.342. The van der Waals surface area contributed by atoms with E-state index in [1.807, 2.05) is 18.2 Å². The van der Waals surface area contributed by atoms with Gasteiger partial charge in [0.25, 0.3) is 0 Å². The van der Waals surface area contributed by atoms with Gasteiger partial charge in [0.05, 0.1) is 11.7 Å². The van der Waals surface area contributed by atoms with Crippen LogP contribution < -0.4 is 5.32 Å². The number of hydrogen-bond acceptors (Lipinski definition) is 3. The van der Waals surface area contributed by atoms with Crippen LogP contribution in [0.3, 0.4) is 0 Å². The van der Waals surface area contributed by atoms with Crippen LogP contribution >= 0.6 is 11.6 Å². The van der Waals surface area contributed by atoms with Gasteiger partial charge in [-0.15, -0.1) is 0 Å². The van der Waals surface area contributed by atoms with Gasteiger partial charge in [0, 0.05) is 11.6 Å². The lowest BCUT2D eigenvalue weighted by Crippen LogP contribution is -2.23. The summed E-state index contributed by atoms with van der Waals surface area (Å²) in [5.41, 5.74) is 5.56. The van der Waals surface area contributed by atoms with Gasteiger partial charge in [-0.3, -0.25) is 0 Å². The van der Waals surface area contributed by atoms with E-state index in [0.717, 1.165) is 41.6 Å². The van der Waals surface area contributed by atoms with Crippen molar-refractivity contribution in [1.82, 2.24) is 5.32 Å². The molecular weight excluding hydrogens is 422 g/mol. The first-order chi connectivity index (χ1) is 15.3. The third-order valence-electron chi connectivity index (χ3n) is 5.41. The van der Waals surface area contributed by atoms with Crippen LogP contribution in [0.1, 0.15) is 47.0 Å². The molecule has 3 rings (SSSR count). The zero-order valence-corrected chi connectivity index (χ0v) is 19.3. The molecule has 0 aromatic heterocycles. The molecule has 3 aromatic carbocycles. The van der Waals surface area contributed by atoms with Gasteiger partial charge < -0.3 is 15.5 Å². The zero-order valence-electron chi connectivity index (χ0n) is 18.5. The minimum Gasteiger partial charge on any atom is -0.478 e. The maximum Gasteiger partial charge on any atom is 0.335 e. The summed E-state index contributed by atoms with van der Waals surface area (Å²) in [6, 6.07) is 21.1. The van der Waals surface area contributed by atoms with Crippen molar-refractivity contribution in [2.24, 2.45) is 5.92 Å². The summed E-state index contributed by atoms with van der Waals surface area (Å²) in [6.07, 6.45) is 1.08. The van der Waals surface area contributed by atoms with Gasteiger partial charge in [0.15, 0.2) is 0 Å². The number of nitrogens with one attached hydrogen (secondary N) is 1. The van der Waals surface area contributed by atoms with Crippen molar-refractivity contribution < 1.29 is 15.0 Å². The monoisotopic (exact) mass is 451 g/mol. The van der Waals surface area contributed by atoms with E-state index in [4.69, 9.17) is 11.6 Å². The summed E-state index contributed by atoms with van der Waals surface area (Å²) in [5, 5.41) is 23.5. The Balaban J connectivity index is 1.60. The molecule has 0 aliphatic rings. The van der Waals surface area contributed by atoms with E-state index in [1.165, 1.54) is 5.56 Å². The minimum absolute atomic E-state index is 0.326. The lowest BCUT2D eigenvalue weighted by Gasteiger charge is -2.14. The standard InChI is InChI=1S/C27H30ClNO3/c1-18(2)14-23-15-22(27(31)32)10-11-25(23)20-8-6-19(7-9-20)12-13-29-17-26(30)21-4-3-5-24(28)16-21/h3-11,15-16,18,26,29-30H,12-14,17H2,1-2H3,(H,31,32)/t26-/m1/s1. The van der Waals surface area contributed by atoms with E-state index in [0.29, 0.717) is 23.0 Å². The first-order valence-corrected chi connectivity index (χ1v) is 11.3. The molecule has 0 unspecified atom stereocenters. The maximum absolute atomic E-state index is 11.4. The Labute approximate surface area is 194 Å². The van der Waals surface area contributed by atoms with Crippen LogP contribution in [-0.2, 0) is 12.8 Å². The Bertz CT molecular complexity index is 1050. The molecule has 32 heavy (non-hydrogen) atoms. The maximum atomic E-state index is 11.4. The minimum atomic E-state index is -0.898. The van der Waals surface area contributed by atoms with Crippen molar-refractivity contribution in [1.29, 1.82) is 0 Å². The third-order valence-corrected chi connectivity index (χ3v) is 5.64. The van der Waals surface area contributed by atoms with Crippen LogP contribution in [0.25, 0.3) is 11.1 Å². The van der Waals surface area contributed by atoms with E-state index in [-0.39, 0.29) is 0 Å². The van der Waals surface area contributed by atoms with E-state index in [1.54, 1.807) is 24.3 Å². The number of aliphatic hydroxyl groups excluding tert-OH is 1. The van der Waals surface area contributed by atoms with Gasteiger partial charge in [-0.05, 0) is 77.4 Å². The summed E-state index contributed by atoms with van der Waals surface area (Å²) in [7, 11) is 0. The summed E-state index contributed by atoms with van der Waals surface area (Å²) < 4.78 is 0. The first-order valence-electron chi connectivity index (χ1n) is 10.9. The van der Waals surface area contributed by atoms with Gasteiger partial charge in [-0.25, -0.2) is 4.79 Å². The van der Waals surface area contributed by atoms with Crippen molar-refractivity contribution >= 4 is 17.6 Å². The molecule has 0 heterocycles. The van der Waals surface area contributed by atoms with Crippen LogP contribution in [0.15, 0.2) is 66.7 Å². The fourth-order valence-electron chi connectivity index (χ4n) is 3.77. The molecule has 0 amide bonds. The zero-order chi connectivity index (χ0) is 23.1. The second-order valence-electron chi connectivity index (χ2n) is 8.50. The van der Waals surface area contributed by atoms with Crippen molar-refractivity contribution in [3.8, 4) is 11.1 Å². The molecule has 0 bridgehead atoms. The SMILES string of the molecule is CC(C)Cc1cc(C(=O)O)ccc1-c1ccc(CCNC[C@@H](O)c2cccc(Cl)c2)cc1. The van der Waals surface area contributed by atoms with Crippen LogP contribution in [0.4, 0.5) is 0 Å². The molecule has 5 heteroatoms. The van der Waals surface area contributed by atoms with E-state index < -0.39 is 12.1 Å². The predicted molar refractivity (Wildman–Crippen MR) is 130 cm³/mol. The van der Waals surface area contributed by atoms with Gasteiger partial charge in [0.2, 0.25) is 0 Å². The fraction of sp³-hybridized carbons (Fsp3) is 0.296. The van der Waals surface area contributed by atoms with E-state index in [9.17, 15) is 15.0 Å². The highest BCUT2D eigenvalue weighted by Crippen LogP contribution is 2.27. The van der Waals surface area contributed by atoms with Gasteiger partial charge >= 0.3 is 5.97 Å². The third kappa shape index (κ3) is 6.67. The first kappa shape index (κ1) is 24.0. The number of carbonyl (C=O) groups is 1. The lowest BCUT2D eigenvalue weighted by molar-refractivity contribution is 0.0696. The fourth-order valence-corrected chi connectivity index (χ4v) is 3.97. The second kappa shape index (κ2) is 11.3. The molecule has 3 aromatic rings. The molecule has 0 radical (unpaired) electrons. The Morgan fingerprint density at radius 2 is 1.78 bits per heavy atom. The van der Waals surface area contributed by atoms with E-state index >= 15 is 0 Å². The molecule has 0 aliphatic heterocycles. The summed E-state index contributed by atoms with van der Waals surface area (Å²) >= 11 is 5.99. The number of hydrogen-bond donors (Lipinski definition) is 3. The average molecular weight is 452 g/mol. The molecule has 0 saturated heterocycles. The number of aliphatic hydroxyl groups is 1. The predicted octanol–water partition coefficient (Wildman–Crippen LogP) is 5.77. The lowest BCUT2D eigenvalue weighted by atomic mass is 9.91. The van der Waals surface area contributed by atoms with Crippen LogP contribution in [0.5, 0.6) is 0 Å². The summed E-state index contributed by atoms with van der Waals surface area (Å²) in [5.74, 6) is -0.463. The second-order valence-corrected chi connectivity index (χ2v) is 8.93. The molecule has 1 atom stereocenters. The summed E-state index contributed by atoms with van der Waals surface area (Å²) in [4.78, 5) is 11.4. The molecule has 4 nitrogen and oxygen atoms in total. The normalized spacial score (nSPS) is 12.2. The number of rotatable bonds is 10. The van der Waals surface area contributed by atoms with Gasteiger partial charge in [-0.1, -0.05) is 67.9 Å². The Morgan fingerprint density at radius 1 is 1.03 bits per heavy atom. The van der Waals surface area contributed by atoms with Crippen molar-refractivity contribution in [2.75, 3.05) is 13.1 Å². The number of benzene rings is 3. The number of carboxylic acid groups (broad SMARTS) is 1. The molecule has 0 spiro atoms. The van der Waals surface area contributed by atoms with Gasteiger partial charge in [0.1, 0.15) is 0 Å². The van der Waals surface area contributed by atoms with Crippen molar-refractivity contribution in [3.63, 3.8) is 0 Å². The van der Waals surface area contributed by atoms with Crippen molar-refractivity contribution in [3.05, 3.63) is 94.0 Å². The Hall–Kier alpha value is -2.66. The largest absolute Gasteiger partial charge is 0.478 e. The highest BCUT2D eigenvalue weighted by molar-refractivity contribution is 6.30. The molecule has 0 fully saturated rings. The average Bonchev–Trinajstić information content (AvgIpc) is 2.76. The van der Waals surface area contributed by atoms with Crippen LogP contribution in [-0.4, -0.2) is 29.3 Å². The molecule has 168 valence electrons. The van der Waals surface area contributed by atoms with Crippen LogP contribution in [0, 0.1) is 5.92 Å². The smallest absolute Gasteiger partial charge is 0.335 e. The number of carboxylic acids is 1. The highest BCUT2D eigenvalue weighted by Gasteiger charge is 2.12. The molecule has 3 N–H and O–H groups in total. The Morgan fingerprint density at radius 3 is 2.44 bits per heavy atom. The highest BCUT2D eigenvalue weighted by atomic mass is 35.5. The molecule has 0 aliphatic carbocycles. The summed E-state index contributed by atoms with van der Waals surface area (Å²) in [6.45, 7) is 5.49. The van der Waals surface area contributed by atoms with Gasteiger partial charge in [-0.2, -0.15) is 0 Å². The molecular formula is C27H30ClNO3. The van der Waals surface area contributed by atoms with E-state index in [2.05, 4.69) is 43.4 Å². The number of halogens is 1. The van der Waals surface area contributed by atoms with Crippen molar-refractivity contribution in [2.45, 2.75) is 32.8 Å². The van der Waals surface area contributed by atoms with Crippen LogP contribution in [0.2, 0.25) is 5.02 Å².